The lowest BCUT2D eigenvalue weighted by Gasteiger charge is -2.26. The smallest absolute Gasteiger partial charge is 0.328 e. The fourth-order valence-electron chi connectivity index (χ4n) is 2.80. The van der Waals surface area contributed by atoms with Crippen molar-refractivity contribution in [1.82, 2.24) is 14.9 Å². The summed E-state index contributed by atoms with van der Waals surface area (Å²) in [4.78, 5) is 37.3. The lowest BCUT2D eigenvalue weighted by Crippen LogP contribution is -2.38. The van der Waals surface area contributed by atoms with Gasteiger partial charge in [-0.05, 0) is 24.5 Å². The molecule has 0 radical (unpaired) electrons. The molecule has 2 N–H and O–H groups in total. The zero-order chi connectivity index (χ0) is 17.1. The Balaban J connectivity index is 1.64. The summed E-state index contributed by atoms with van der Waals surface area (Å²) in [6, 6.07) is 8.01. The number of fused-ring (bicyclic) bond motifs is 1. The van der Waals surface area contributed by atoms with Gasteiger partial charge in [0.25, 0.3) is 5.56 Å². The van der Waals surface area contributed by atoms with Crippen molar-refractivity contribution in [2.24, 2.45) is 0 Å². The summed E-state index contributed by atoms with van der Waals surface area (Å²) < 4.78 is 6.92. The molecule has 1 aromatic heterocycles. The molecule has 1 aliphatic heterocycles. The fourth-order valence-corrected chi connectivity index (χ4v) is 2.80. The van der Waals surface area contributed by atoms with Gasteiger partial charge in [0.1, 0.15) is 12.6 Å². The quantitative estimate of drug-likeness (QED) is 0.842. The van der Waals surface area contributed by atoms with Crippen molar-refractivity contribution in [1.29, 1.82) is 0 Å². The molecule has 7 nitrogen and oxygen atoms in total. The Morgan fingerprint density at radius 2 is 2.17 bits per heavy atom. The van der Waals surface area contributed by atoms with Gasteiger partial charge >= 0.3 is 5.69 Å². The molecule has 2 aromatic rings. The molecule has 0 saturated heterocycles. The second kappa shape index (κ2) is 6.84. The zero-order valence-corrected chi connectivity index (χ0v) is 13.4. The van der Waals surface area contributed by atoms with Gasteiger partial charge in [-0.15, -0.1) is 0 Å². The van der Waals surface area contributed by atoms with Crippen molar-refractivity contribution < 1.29 is 9.53 Å². The van der Waals surface area contributed by atoms with Crippen LogP contribution in [0.4, 0.5) is 0 Å². The highest BCUT2D eigenvalue weighted by Gasteiger charge is 2.20. The van der Waals surface area contributed by atoms with Gasteiger partial charge in [0, 0.05) is 18.3 Å². The van der Waals surface area contributed by atoms with Crippen molar-refractivity contribution in [3.8, 4) is 0 Å². The number of aromatic amines is 1. The van der Waals surface area contributed by atoms with Crippen molar-refractivity contribution >= 4 is 5.91 Å². The van der Waals surface area contributed by atoms with E-state index in [1.165, 1.54) is 16.3 Å². The lowest BCUT2D eigenvalue weighted by molar-refractivity contribution is -0.122. The zero-order valence-electron chi connectivity index (χ0n) is 13.4. The van der Waals surface area contributed by atoms with Crippen LogP contribution in [0, 0.1) is 6.92 Å². The van der Waals surface area contributed by atoms with Crippen LogP contribution in [0.2, 0.25) is 0 Å². The van der Waals surface area contributed by atoms with E-state index in [0.29, 0.717) is 18.7 Å². The minimum atomic E-state index is -0.597. The summed E-state index contributed by atoms with van der Waals surface area (Å²) in [5.41, 5.74) is 1.66. The first-order valence-electron chi connectivity index (χ1n) is 7.81. The SMILES string of the molecule is Cc1cn(CC(=O)NC[C@@H]2OCCc3ccccc32)c(=O)[nH]c1=O. The third-order valence-electron chi connectivity index (χ3n) is 4.08. The van der Waals surface area contributed by atoms with Gasteiger partial charge in [-0.1, -0.05) is 24.3 Å². The van der Waals surface area contributed by atoms with Crippen LogP contribution < -0.4 is 16.6 Å². The first kappa shape index (κ1) is 16.2. The minimum absolute atomic E-state index is 0.148. The van der Waals surface area contributed by atoms with Crippen LogP contribution in [0.5, 0.6) is 0 Å². The van der Waals surface area contributed by atoms with Crippen LogP contribution in [-0.4, -0.2) is 28.6 Å². The van der Waals surface area contributed by atoms with E-state index in [4.69, 9.17) is 4.74 Å². The third kappa shape index (κ3) is 3.46. The van der Waals surface area contributed by atoms with Crippen LogP contribution in [0.25, 0.3) is 0 Å². The van der Waals surface area contributed by atoms with Gasteiger partial charge in [0.05, 0.1) is 6.61 Å². The maximum atomic E-state index is 12.1. The van der Waals surface area contributed by atoms with Crippen LogP contribution in [0.15, 0.2) is 40.1 Å². The van der Waals surface area contributed by atoms with Gasteiger partial charge in [-0.3, -0.25) is 19.1 Å². The van der Waals surface area contributed by atoms with Gasteiger partial charge < -0.3 is 10.1 Å². The molecular weight excluding hydrogens is 310 g/mol. The predicted molar refractivity (Wildman–Crippen MR) is 87.9 cm³/mol. The van der Waals surface area contributed by atoms with Crippen LogP contribution in [-0.2, 0) is 22.5 Å². The highest BCUT2D eigenvalue weighted by Crippen LogP contribution is 2.26. The molecular formula is C17H19N3O4. The molecule has 3 rings (SSSR count). The van der Waals surface area contributed by atoms with E-state index in [9.17, 15) is 14.4 Å². The number of carbonyl (C=O) groups is 1. The molecule has 24 heavy (non-hydrogen) atoms. The number of carbonyl (C=O) groups excluding carboxylic acids is 1. The van der Waals surface area contributed by atoms with E-state index >= 15 is 0 Å². The number of hydrogen-bond donors (Lipinski definition) is 2. The number of rotatable bonds is 4. The van der Waals surface area contributed by atoms with Crippen LogP contribution >= 0.6 is 0 Å². The normalized spacial score (nSPS) is 16.5. The number of aromatic nitrogens is 2. The van der Waals surface area contributed by atoms with E-state index in [2.05, 4.69) is 16.4 Å². The Kier molecular flexibility index (Phi) is 4.61. The number of nitrogens with zero attached hydrogens (tertiary/aromatic N) is 1. The number of benzene rings is 1. The van der Waals surface area contributed by atoms with Crippen molar-refractivity contribution in [2.75, 3.05) is 13.2 Å². The summed E-state index contributed by atoms with van der Waals surface area (Å²) in [5, 5.41) is 2.79. The number of hydrogen-bond acceptors (Lipinski definition) is 4. The van der Waals surface area contributed by atoms with Gasteiger partial charge in [0.15, 0.2) is 0 Å². The highest BCUT2D eigenvalue weighted by molar-refractivity contribution is 5.75. The summed E-state index contributed by atoms with van der Waals surface area (Å²) in [5.74, 6) is -0.310. The molecule has 0 bridgehead atoms. The summed E-state index contributed by atoms with van der Waals surface area (Å²) in [7, 11) is 0. The Bertz CT molecular complexity index is 869. The van der Waals surface area contributed by atoms with Crippen molar-refractivity contribution in [3.63, 3.8) is 0 Å². The summed E-state index contributed by atoms with van der Waals surface area (Å²) >= 11 is 0. The molecule has 2 heterocycles. The first-order chi connectivity index (χ1) is 11.5. The number of nitrogens with one attached hydrogen (secondary N) is 2. The van der Waals surface area contributed by atoms with Crippen molar-refractivity contribution in [3.05, 3.63) is 68.0 Å². The molecule has 0 aliphatic carbocycles. The largest absolute Gasteiger partial charge is 0.371 e. The van der Waals surface area contributed by atoms with Gasteiger partial charge in [-0.2, -0.15) is 0 Å². The van der Waals surface area contributed by atoms with E-state index in [0.717, 1.165) is 12.0 Å². The molecule has 1 amide bonds. The average molecular weight is 329 g/mol. The average Bonchev–Trinajstić information content (AvgIpc) is 2.58. The maximum absolute atomic E-state index is 12.1. The summed E-state index contributed by atoms with van der Waals surface area (Å²) in [6.07, 6.45) is 2.06. The molecule has 1 aliphatic rings. The first-order valence-corrected chi connectivity index (χ1v) is 7.81. The Hall–Kier alpha value is -2.67. The molecule has 0 spiro atoms. The topological polar surface area (TPSA) is 93.2 Å². The maximum Gasteiger partial charge on any atom is 0.328 e. The standard InChI is InChI=1S/C17H19N3O4/c1-11-9-20(17(23)19-16(11)22)10-15(21)18-8-14-13-5-3-2-4-12(13)6-7-24-14/h2-5,9,14H,6-8,10H2,1H3,(H,18,21)(H,19,22,23)/t14-/m0/s1. The van der Waals surface area contributed by atoms with E-state index in [-0.39, 0.29) is 18.6 Å². The monoisotopic (exact) mass is 329 g/mol. The predicted octanol–water partition coefficient (Wildman–Crippen LogP) is 0.275. The van der Waals surface area contributed by atoms with E-state index < -0.39 is 11.2 Å². The molecule has 0 unspecified atom stereocenters. The molecule has 7 heteroatoms. The van der Waals surface area contributed by atoms with Crippen molar-refractivity contribution in [2.45, 2.75) is 26.0 Å². The van der Waals surface area contributed by atoms with Crippen LogP contribution in [0.1, 0.15) is 22.8 Å². The second-order valence-corrected chi connectivity index (χ2v) is 5.81. The Morgan fingerprint density at radius 3 is 3.00 bits per heavy atom. The number of ether oxygens (including phenoxy) is 1. The fraction of sp³-hybridized carbons (Fsp3) is 0.353. The minimum Gasteiger partial charge on any atom is -0.371 e. The lowest BCUT2D eigenvalue weighted by atomic mass is 9.97. The Labute approximate surface area is 138 Å². The van der Waals surface area contributed by atoms with E-state index in [1.807, 2.05) is 18.2 Å². The van der Waals surface area contributed by atoms with Crippen LogP contribution in [0.3, 0.4) is 0 Å². The Morgan fingerprint density at radius 1 is 1.38 bits per heavy atom. The van der Waals surface area contributed by atoms with E-state index in [1.54, 1.807) is 6.92 Å². The number of aryl methyl sites for hydroxylation is 1. The number of H-pyrrole nitrogens is 1. The second-order valence-electron chi connectivity index (χ2n) is 5.81. The molecule has 0 saturated carbocycles. The molecule has 126 valence electrons. The molecule has 0 fully saturated rings. The molecule has 1 aromatic carbocycles. The molecule has 1 atom stereocenters. The number of amides is 1. The third-order valence-corrected chi connectivity index (χ3v) is 4.08. The van der Waals surface area contributed by atoms with Gasteiger partial charge in [-0.25, -0.2) is 4.79 Å². The highest BCUT2D eigenvalue weighted by atomic mass is 16.5. The van der Waals surface area contributed by atoms with Gasteiger partial charge in [0.2, 0.25) is 5.91 Å². The summed E-state index contributed by atoms with van der Waals surface area (Å²) in [6.45, 7) is 2.40.